The van der Waals surface area contributed by atoms with E-state index in [0.717, 1.165) is 48.7 Å². The van der Waals surface area contributed by atoms with Crippen molar-refractivity contribution in [3.63, 3.8) is 0 Å². The van der Waals surface area contributed by atoms with Crippen LogP contribution < -0.4 is 9.80 Å². The molecule has 0 atom stereocenters. The molecule has 1 aliphatic heterocycles. The van der Waals surface area contributed by atoms with Gasteiger partial charge < -0.3 is 9.64 Å². The molecule has 1 amide bonds. The monoisotopic (exact) mass is 414 g/mol. The Kier molecular flexibility index (Phi) is 5.89. The van der Waals surface area contributed by atoms with Crippen LogP contribution in [0.3, 0.4) is 0 Å². The number of thiazole rings is 1. The fourth-order valence-corrected chi connectivity index (χ4v) is 4.51. The summed E-state index contributed by atoms with van der Waals surface area (Å²) in [6.07, 6.45) is 0. The van der Waals surface area contributed by atoms with Crippen molar-refractivity contribution in [1.82, 2.24) is 4.98 Å². The van der Waals surface area contributed by atoms with E-state index in [-0.39, 0.29) is 11.7 Å². The predicted molar refractivity (Wildman–Crippen MR) is 114 cm³/mol. The predicted octanol–water partition coefficient (Wildman–Crippen LogP) is 2.61. The zero-order valence-electron chi connectivity index (χ0n) is 16.7. The number of hydrogen-bond acceptors (Lipinski definition) is 4. The van der Waals surface area contributed by atoms with Gasteiger partial charge in [0.1, 0.15) is 18.9 Å². The number of aryl methyl sites for hydroxylation is 2. The minimum Gasteiger partial charge on any atom is -0.370 e. The zero-order valence-corrected chi connectivity index (χ0v) is 17.5. The average Bonchev–Trinajstić information content (AvgIpc) is 3.13. The lowest BCUT2D eigenvalue weighted by atomic mass is 10.1. The Labute approximate surface area is 173 Å². The molecule has 0 saturated carbocycles. The van der Waals surface area contributed by atoms with Gasteiger partial charge in [0.2, 0.25) is 0 Å². The molecule has 0 radical (unpaired) electrons. The number of rotatable bonds is 5. The van der Waals surface area contributed by atoms with Gasteiger partial charge in [0.05, 0.1) is 36.5 Å². The molecule has 0 unspecified atom stereocenters. The van der Waals surface area contributed by atoms with Crippen LogP contribution >= 0.6 is 11.3 Å². The number of amides is 1. The van der Waals surface area contributed by atoms with Crippen LogP contribution in [0.1, 0.15) is 21.5 Å². The summed E-state index contributed by atoms with van der Waals surface area (Å²) >= 11 is 1.36. The Bertz CT molecular complexity index is 1030. The molecule has 0 bridgehead atoms. The number of quaternary nitrogens is 1. The van der Waals surface area contributed by atoms with Crippen molar-refractivity contribution in [2.45, 2.75) is 13.8 Å². The van der Waals surface area contributed by atoms with Gasteiger partial charge in [-0.25, -0.2) is 9.37 Å². The molecule has 5 nitrogen and oxygen atoms in total. The van der Waals surface area contributed by atoms with E-state index in [1.165, 1.54) is 28.4 Å². The van der Waals surface area contributed by atoms with Gasteiger partial charge in [-0.3, -0.25) is 9.69 Å². The van der Waals surface area contributed by atoms with E-state index < -0.39 is 0 Å². The number of carbonyl (C=O) groups is 1. The van der Waals surface area contributed by atoms with Gasteiger partial charge in [-0.15, -0.1) is 0 Å². The lowest BCUT2D eigenvalue weighted by Crippen LogP contribution is -3.14. The Morgan fingerprint density at radius 3 is 2.72 bits per heavy atom. The molecule has 1 aromatic heterocycles. The number of hydrogen-bond donors (Lipinski definition) is 1. The number of nitrogens with one attached hydrogen (secondary N) is 1. The van der Waals surface area contributed by atoms with Gasteiger partial charge >= 0.3 is 0 Å². The summed E-state index contributed by atoms with van der Waals surface area (Å²) in [6.45, 7) is 8.81. The van der Waals surface area contributed by atoms with E-state index >= 15 is 0 Å². The Hall–Kier alpha value is -2.35. The van der Waals surface area contributed by atoms with Crippen LogP contribution in [-0.2, 0) is 4.74 Å². The molecule has 2 heterocycles. The van der Waals surface area contributed by atoms with E-state index in [9.17, 15) is 9.18 Å². The normalized spacial score (nSPS) is 15.0. The summed E-state index contributed by atoms with van der Waals surface area (Å²) in [5.41, 5.74) is 3.60. The number of benzene rings is 2. The van der Waals surface area contributed by atoms with Crippen molar-refractivity contribution in [2.24, 2.45) is 0 Å². The van der Waals surface area contributed by atoms with Crippen LogP contribution in [0.15, 0.2) is 36.4 Å². The van der Waals surface area contributed by atoms with Crippen molar-refractivity contribution in [3.8, 4) is 0 Å². The molecule has 1 N–H and O–H groups in total. The fourth-order valence-electron chi connectivity index (χ4n) is 3.50. The van der Waals surface area contributed by atoms with E-state index in [4.69, 9.17) is 4.74 Å². The maximum absolute atomic E-state index is 13.6. The highest BCUT2D eigenvalue weighted by molar-refractivity contribution is 7.22. The SMILES string of the molecule is Cc1ccc(C(=O)N(CC[NH+]2CCOCC2)c2nc3ccc(F)cc3s2)cc1C. The third-order valence-corrected chi connectivity index (χ3v) is 6.50. The highest BCUT2D eigenvalue weighted by Crippen LogP contribution is 2.30. The maximum atomic E-state index is 13.6. The van der Waals surface area contributed by atoms with Crippen molar-refractivity contribution in [3.05, 3.63) is 58.9 Å². The van der Waals surface area contributed by atoms with Crippen LogP contribution in [0.5, 0.6) is 0 Å². The molecule has 1 saturated heterocycles. The second kappa shape index (κ2) is 8.57. The van der Waals surface area contributed by atoms with Crippen molar-refractivity contribution < 1.29 is 18.8 Å². The van der Waals surface area contributed by atoms with Crippen LogP contribution in [0, 0.1) is 19.7 Å². The molecule has 3 aromatic rings. The molecule has 4 rings (SSSR count). The van der Waals surface area contributed by atoms with Crippen LogP contribution in [0.4, 0.5) is 9.52 Å². The van der Waals surface area contributed by atoms with E-state index in [1.54, 1.807) is 11.0 Å². The smallest absolute Gasteiger partial charge is 0.260 e. The molecular formula is C22H25FN3O2S+. The standard InChI is InChI=1S/C22H24FN3O2S/c1-15-3-4-17(13-16(15)2)21(27)26(8-7-25-9-11-28-12-10-25)22-24-19-6-5-18(23)14-20(19)29-22/h3-6,13-14H,7-12H2,1-2H3/p+1. The first-order valence-electron chi connectivity index (χ1n) is 9.88. The summed E-state index contributed by atoms with van der Waals surface area (Å²) in [5, 5.41) is 0.612. The minimum absolute atomic E-state index is 0.0692. The molecule has 152 valence electrons. The van der Waals surface area contributed by atoms with Gasteiger partial charge in [0.15, 0.2) is 5.13 Å². The zero-order chi connectivity index (χ0) is 20.4. The highest BCUT2D eigenvalue weighted by Gasteiger charge is 2.24. The van der Waals surface area contributed by atoms with Gasteiger partial charge in [0.25, 0.3) is 5.91 Å². The number of fused-ring (bicyclic) bond motifs is 1. The third kappa shape index (κ3) is 4.47. The van der Waals surface area contributed by atoms with E-state index in [2.05, 4.69) is 4.98 Å². The van der Waals surface area contributed by atoms with Crippen molar-refractivity contribution in [2.75, 3.05) is 44.3 Å². The Morgan fingerprint density at radius 1 is 1.17 bits per heavy atom. The molecule has 0 spiro atoms. The molecule has 1 aliphatic rings. The number of ether oxygens (including phenoxy) is 1. The fraction of sp³-hybridized carbons (Fsp3) is 0.364. The quantitative estimate of drug-likeness (QED) is 0.698. The molecule has 1 fully saturated rings. The number of halogens is 1. The third-order valence-electron chi connectivity index (χ3n) is 5.46. The maximum Gasteiger partial charge on any atom is 0.260 e. The van der Waals surface area contributed by atoms with Crippen molar-refractivity contribution >= 4 is 32.6 Å². The molecule has 7 heteroatoms. The first-order valence-corrected chi connectivity index (χ1v) is 10.7. The lowest BCUT2D eigenvalue weighted by molar-refractivity contribution is -0.906. The van der Waals surface area contributed by atoms with E-state index in [0.29, 0.717) is 22.8 Å². The van der Waals surface area contributed by atoms with Crippen LogP contribution in [-0.4, -0.2) is 50.3 Å². The first kappa shape index (κ1) is 19.9. The number of aromatic nitrogens is 1. The number of nitrogens with zero attached hydrogens (tertiary/aromatic N) is 2. The van der Waals surface area contributed by atoms with E-state index in [1.807, 2.05) is 32.0 Å². The Balaban J connectivity index is 1.64. The van der Waals surface area contributed by atoms with Crippen LogP contribution in [0.25, 0.3) is 10.2 Å². The number of morpholine rings is 1. The lowest BCUT2D eigenvalue weighted by Gasteiger charge is -2.27. The highest BCUT2D eigenvalue weighted by atomic mass is 32.1. The van der Waals surface area contributed by atoms with Crippen LogP contribution in [0.2, 0.25) is 0 Å². The molecule has 29 heavy (non-hydrogen) atoms. The van der Waals surface area contributed by atoms with Gasteiger partial charge in [-0.1, -0.05) is 17.4 Å². The molecule has 2 aromatic carbocycles. The second-order valence-corrected chi connectivity index (χ2v) is 8.49. The molecule has 0 aliphatic carbocycles. The number of anilines is 1. The van der Waals surface area contributed by atoms with Gasteiger partial charge in [0, 0.05) is 5.56 Å². The minimum atomic E-state index is -0.294. The largest absolute Gasteiger partial charge is 0.370 e. The summed E-state index contributed by atoms with van der Waals surface area (Å²) in [4.78, 5) is 21.2. The summed E-state index contributed by atoms with van der Waals surface area (Å²) in [7, 11) is 0. The first-order chi connectivity index (χ1) is 14.0. The average molecular weight is 415 g/mol. The molecular weight excluding hydrogens is 389 g/mol. The topological polar surface area (TPSA) is 46.9 Å². The Morgan fingerprint density at radius 2 is 1.97 bits per heavy atom. The second-order valence-electron chi connectivity index (χ2n) is 7.48. The summed E-state index contributed by atoms with van der Waals surface area (Å²) in [5.74, 6) is -0.363. The van der Waals surface area contributed by atoms with Gasteiger partial charge in [-0.05, 0) is 55.3 Å². The van der Waals surface area contributed by atoms with Crippen molar-refractivity contribution in [1.29, 1.82) is 0 Å². The summed E-state index contributed by atoms with van der Waals surface area (Å²) < 4.78 is 19.8. The van der Waals surface area contributed by atoms with Gasteiger partial charge in [-0.2, -0.15) is 0 Å². The number of carbonyl (C=O) groups excluding carboxylic acids is 1. The summed E-state index contributed by atoms with van der Waals surface area (Å²) in [6, 6.07) is 10.3.